The van der Waals surface area contributed by atoms with Gasteiger partial charge in [-0.25, -0.2) is 0 Å². The molecule has 0 aromatic carbocycles. The van der Waals surface area contributed by atoms with Crippen molar-refractivity contribution in [1.82, 2.24) is 15.1 Å². The standard InChI is InChI=1S/C14H18ClN3O3/c1-9-13(10(2)18(17-9)6-5-15)14(20)16-11(8-19)12-4-3-7-21-12/h3-4,7,11,19H,5-6,8H2,1-2H3,(H,16,20). The van der Waals surface area contributed by atoms with Gasteiger partial charge < -0.3 is 14.8 Å². The van der Waals surface area contributed by atoms with E-state index in [1.54, 1.807) is 23.7 Å². The molecule has 0 spiro atoms. The normalized spacial score (nSPS) is 12.4. The zero-order chi connectivity index (χ0) is 15.4. The second kappa shape index (κ2) is 6.78. The van der Waals surface area contributed by atoms with Crippen LogP contribution in [0.15, 0.2) is 22.8 Å². The summed E-state index contributed by atoms with van der Waals surface area (Å²) in [4.78, 5) is 12.4. The Labute approximate surface area is 127 Å². The predicted octanol–water partition coefficient (Wildman–Crippen LogP) is 1.80. The van der Waals surface area contributed by atoms with Gasteiger partial charge in [-0.05, 0) is 26.0 Å². The third kappa shape index (κ3) is 3.28. The van der Waals surface area contributed by atoms with Crippen molar-refractivity contribution >= 4 is 17.5 Å². The minimum atomic E-state index is -0.581. The van der Waals surface area contributed by atoms with Gasteiger partial charge in [-0.2, -0.15) is 5.10 Å². The summed E-state index contributed by atoms with van der Waals surface area (Å²) in [6.45, 7) is 3.89. The number of carbonyl (C=O) groups excluding carboxylic acids is 1. The van der Waals surface area contributed by atoms with Crippen molar-refractivity contribution in [3.63, 3.8) is 0 Å². The lowest BCUT2D eigenvalue weighted by Gasteiger charge is -2.14. The molecular formula is C14H18ClN3O3. The van der Waals surface area contributed by atoms with Crippen LogP contribution in [-0.4, -0.2) is 33.3 Å². The van der Waals surface area contributed by atoms with E-state index in [-0.39, 0.29) is 12.5 Å². The number of aromatic nitrogens is 2. The maximum Gasteiger partial charge on any atom is 0.255 e. The summed E-state index contributed by atoms with van der Waals surface area (Å²) in [5.41, 5.74) is 1.89. The highest BCUT2D eigenvalue weighted by Gasteiger charge is 2.22. The molecule has 6 nitrogen and oxygen atoms in total. The van der Waals surface area contributed by atoms with E-state index in [2.05, 4.69) is 10.4 Å². The van der Waals surface area contributed by atoms with Crippen LogP contribution in [0.3, 0.4) is 0 Å². The summed E-state index contributed by atoms with van der Waals surface area (Å²) in [7, 11) is 0. The van der Waals surface area contributed by atoms with Crippen molar-refractivity contribution in [2.24, 2.45) is 0 Å². The highest BCUT2D eigenvalue weighted by molar-refractivity contribution is 6.17. The summed E-state index contributed by atoms with van der Waals surface area (Å²) in [6.07, 6.45) is 1.50. The van der Waals surface area contributed by atoms with Gasteiger partial charge in [0.1, 0.15) is 11.8 Å². The van der Waals surface area contributed by atoms with Gasteiger partial charge >= 0.3 is 0 Å². The first kappa shape index (κ1) is 15.6. The minimum absolute atomic E-state index is 0.243. The van der Waals surface area contributed by atoms with Crippen LogP contribution in [0.4, 0.5) is 0 Å². The topological polar surface area (TPSA) is 80.3 Å². The van der Waals surface area contributed by atoms with Gasteiger partial charge in [0, 0.05) is 11.6 Å². The van der Waals surface area contributed by atoms with E-state index in [9.17, 15) is 9.90 Å². The van der Waals surface area contributed by atoms with Crippen LogP contribution in [0.25, 0.3) is 0 Å². The number of hydrogen-bond acceptors (Lipinski definition) is 4. The fourth-order valence-corrected chi connectivity index (χ4v) is 2.41. The molecule has 2 aromatic rings. The lowest BCUT2D eigenvalue weighted by molar-refractivity contribution is 0.0906. The molecule has 0 radical (unpaired) electrons. The number of alkyl halides is 1. The van der Waals surface area contributed by atoms with Crippen LogP contribution in [0, 0.1) is 13.8 Å². The molecule has 0 aliphatic rings. The number of amides is 1. The Morgan fingerprint density at radius 2 is 2.33 bits per heavy atom. The summed E-state index contributed by atoms with van der Waals surface area (Å²) >= 11 is 5.72. The van der Waals surface area contributed by atoms with E-state index >= 15 is 0 Å². The fraction of sp³-hybridized carbons (Fsp3) is 0.429. The average Bonchev–Trinajstić information content (AvgIpc) is 3.06. The molecule has 1 unspecified atom stereocenters. The van der Waals surface area contributed by atoms with Crippen molar-refractivity contribution in [2.75, 3.05) is 12.5 Å². The molecule has 2 heterocycles. The molecule has 0 fully saturated rings. The Hall–Kier alpha value is -1.79. The van der Waals surface area contributed by atoms with E-state index in [1.807, 2.05) is 6.92 Å². The van der Waals surface area contributed by atoms with E-state index in [1.165, 1.54) is 6.26 Å². The molecular weight excluding hydrogens is 294 g/mol. The molecule has 1 atom stereocenters. The molecule has 0 aliphatic heterocycles. The van der Waals surface area contributed by atoms with E-state index < -0.39 is 6.04 Å². The van der Waals surface area contributed by atoms with Gasteiger partial charge in [0.15, 0.2) is 0 Å². The van der Waals surface area contributed by atoms with Gasteiger partial charge in [0.25, 0.3) is 5.91 Å². The van der Waals surface area contributed by atoms with Gasteiger partial charge in [-0.1, -0.05) is 0 Å². The quantitative estimate of drug-likeness (QED) is 0.797. The van der Waals surface area contributed by atoms with Crippen molar-refractivity contribution in [2.45, 2.75) is 26.4 Å². The molecule has 0 saturated carbocycles. The zero-order valence-corrected chi connectivity index (χ0v) is 12.7. The van der Waals surface area contributed by atoms with Crippen molar-refractivity contribution in [3.05, 3.63) is 41.1 Å². The fourth-order valence-electron chi connectivity index (χ4n) is 2.25. The number of nitrogens with zero attached hydrogens (tertiary/aromatic N) is 2. The number of carbonyl (C=O) groups is 1. The highest BCUT2D eigenvalue weighted by Crippen LogP contribution is 2.17. The smallest absolute Gasteiger partial charge is 0.255 e. The number of hydrogen-bond donors (Lipinski definition) is 2. The van der Waals surface area contributed by atoms with Crippen LogP contribution < -0.4 is 5.32 Å². The Kier molecular flexibility index (Phi) is 5.03. The minimum Gasteiger partial charge on any atom is -0.467 e. The van der Waals surface area contributed by atoms with Gasteiger partial charge in [-0.15, -0.1) is 11.6 Å². The van der Waals surface area contributed by atoms with Crippen molar-refractivity contribution < 1.29 is 14.3 Å². The molecule has 2 aromatic heterocycles. The van der Waals surface area contributed by atoms with Crippen LogP contribution in [0.2, 0.25) is 0 Å². The monoisotopic (exact) mass is 311 g/mol. The van der Waals surface area contributed by atoms with Gasteiger partial charge in [-0.3, -0.25) is 9.48 Å². The third-order valence-electron chi connectivity index (χ3n) is 3.28. The molecule has 2 N–H and O–H groups in total. The number of aryl methyl sites for hydroxylation is 2. The predicted molar refractivity (Wildman–Crippen MR) is 78.4 cm³/mol. The van der Waals surface area contributed by atoms with Gasteiger partial charge in [0.2, 0.25) is 0 Å². The second-order valence-corrected chi connectivity index (χ2v) is 5.06. The Bertz CT molecular complexity index is 607. The van der Waals surface area contributed by atoms with Crippen LogP contribution >= 0.6 is 11.6 Å². The van der Waals surface area contributed by atoms with Crippen LogP contribution in [-0.2, 0) is 6.54 Å². The summed E-state index contributed by atoms with van der Waals surface area (Å²) in [6, 6.07) is 2.83. The zero-order valence-electron chi connectivity index (χ0n) is 12.0. The van der Waals surface area contributed by atoms with Crippen molar-refractivity contribution in [1.29, 1.82) is 0 Å². The highest BCUT2D eigenvalue weighted by atomic mass is 35.5. The van der Waals surface area contributed by atoms with E-state index in [4.69, 9.17) is 16.0 Å². The SMILES string of the molecule is Cc1nn(CCCl)c(C)c1C(=O)NC(CO)c1ccco1. The molecule has 7 heteroatoms. The Morgan fingerprint density at radius 1 is 1.57 bits per heavy atom. The molecule has 21 heavy (non-hydrogen) atoms. The first-order valence-electron chi connectivity index (χ1n) is 6.63. The summed E-state index contributed by atoms with van der Waals surface area (Å²) < 4.78 is 6.92. The van der Waals surface area contributed by atoms with E-state index in [0.717, 1.165) is 5.69 Å². The Morgan fingerprint density at radius 3 is 2.90 bits per heavy atom. The number of nitrogens with one attached hydrogen (secondary N) is 1. The number of aliphatic hydroxyl groups excluding tert-OH is 1. The summed E-state index contributed by atoms with van der Waals surface area (Å²) in [5.74, 6) is 0.643. The van der Waals surface area contributed by atoms with E-state index in [0.29, 0.717) is 29.4 Å². The first-order chi connectivity index (χ1) is 10.1. The maximum absolute atomic E-state index is 12.4. The third-order valence-corrected chi connectivity index (χ3v) is 3.45. The maximum atomic E-state index is 12.4. The number of furan rings is 1. The molecule has 0 saturated heterocycles. The molecule has 2 rings (SSSR count). The van der Waals surface area contributed by atoms with Crippen molar-refractivity contribution in [3.8, 4) is 0 Å². The lowest BCUT2D eigenvalue weighted by Crippen LogP contribution is -2.31. The summed E-state index contributed by atoms with van der Waals surface area (Å²) in [5, 5.41) is 16.5. The average molecular weight is 312 g/mol. The first-order valence-corrected chi connectivity index (χ1v) is 7.17. The number of aliphatic hydroxyl groups is 1. The number of rotatable bonds is 6. The lowest BCUT2D eigenvalue weighted by atomic mass is 10.1. The molecule has 1 amide bonds. The second-order valence-electron chi connectivity index (χ2n) is 4.68. The number of halogens is 1. The molecule has 0 bridgehead atoms. The largest absolute Gasteiger partial charge is 0.467 e. The van der Waals surface area contributed by atoms with Gasteiger partial charge in [0.05, 0.1) is 30.7 Å². The van der Waals surface area contributed by atoms with Crippen LogP contribution in [0.5, 0.6) is 0 Å². The molecule has 114 valence electrons. The molecule has 0 aliphatic carbocycles. The Balaban J connectivity index is 2.20. The van der Waals surface area contributed by atoms with Crippen LogP contribution in [0.1, 0.15) is 33.5 Å².